The summed E-state index contributed by atoms with van der Waals surface area (Å²) in [5.41, 5.74) is 0. The summed E-state index contributed by atoms with van der Waals surface area (Å²) in [6, 6.07) is 0.549. The topological polar surface area (TPSA) is 41.6 Å². The van der Waals surface area contributed by atoms with Crippen LogP contribution in [-0.2, 0) is 9.53 Å². The van der Waals surface area contributed by atoms with Gasteiger partial charge >= 0.3 is 5.97 Å². The van der Waals surface area contributed by atoms with Crippen LogP contribution in [0, 0.1) is 0 Å². The molecule has 94 valence electrons. The SMILES string of the molecule is CCCCOC(=O)CN(C)CC1CCCN1. The molecule has 4 nitrogen and oxygen atoms in total. The molecule has 1 unspecified atom stereocenters. The Kier molecular flexibility index (Phi) is 6.42. The van der Waals surface area contributed by atoms with Crippen LogP contribution in [0.3, 0.4) is 0 Å². The van der Waals surface area contributed by atoms with Crippen molar-refractivity contribution in [3.05, 3.63) is 0 Å². The Bertz CT molecular complexity index is 203. The standard InChI is InChI=1S/C12H24N2O2/c1-3-4-8-16-12(15)10-14(2)9-11-6-5-7-13-11/h11,13H,3-10H2,1-2H3. The van der Waals surface area contributed by atoms with E-state index in [0.717, 1.165) is 25.9 Å². The fourth-order valence-corrected chi connectivity index (χ4v) is 1.95. The number of carbonyl (C=O) groups excluding carboxylic acids is 1. The van der Waals surface area contributed by atoms with Gasteiger partial charge in [0.25, 0.3) is 0 Å². The third-order valence-corrected chi connectivity index (χ3v) is 2.85. The predicted octanol–water partition coefficient (Wildman–Crippen LogP) is 1.01. The summed E-state index contributed by atoms with van der Waals surface area (Å²) < 4.78 is 5.12. The highest BCUT2D eigenvalue weighted by Gasteiger charge is 2.17. The van der Waals surface area contributed by atoms with Gasteiger partial charge < -0.3 is 10.1 Å². The fourth-order valence-electron chi connectivity index (χ4n) is 1.95. The molecule has 1 N–H and O–H groups in total. The Hall–Kier alpha value is -0.610. The number of rotatable bonds is 7. The normalized spacial score (nSPS) is 20.3. The molecular weight excluding hydrogens is 204 g/mol. The minimum Gasteiger partial charge on any atom is -0.465 e. The number of carbonyl (C=O) groups is 1. The Balaban J connectivity index is 2.07. The second-order valence-corrected chi connectivity index (χ2v) is 4.56. The number of ether oxygens (including phenoxy) is 1. The van der Waals surface area contributed by atoms with Crippen molar-refractivity contribution in [2.75, 3.05) is 33.3 Å². The van der Waals surface area contributed by atoms with Gasteiger partial charge in [-0.05, 0) is 32.9 Å². The number of unbranched alkanes of at least 4 members (excludes halogenated alkanes) is 1. The maximum Gasteiger partial charge on any atom is 0.320 e. The van der Waals surface area contributed by atoms with Crippen molar-refractivity contribution in [2.24, 2.45) is 0 Å². The Labute approximate surface area is 98.3 Å². The van der Waals surface area contributed by atoms with Crippen molar-refractivity contribution >= 4 is 5.97 Å². The molecule has 1 heterocycles. The lowest BCUT2D eigenvalue weighted by atomic mass is 10.2. The second-order valence-electron chi connectivity index (χ2n) is 4.56. The van der Waals surface area contributed by atoms with Gasteiger partial charge in [-0.25, -0.2) is 0 Å². The molecule has 1 aliphatic rings. The number of hydrogen-bond acceptors (Lipinski definition) is 4. The highest BCUT2D eigenvalue weighted by molar-refractivity contribution is 5.71. The third-order valence-electron chi connectivity index (χ3n) is 2.85. The average Bonchev–Trinajstić information content (AvgIpc) is 2.70. The van der Waals surface area contributed by atoms with E-state index in [1.165, 1.54) is 12.8 Å². The molecular formula is C12H24N2O2. The molecule has 0 aromatic heterocycles. The molecule has 0 aliphatic carbocycles. The number of nitrogens with zero attached hydrogens (tertiary/aromatic N) is 1. The smallest absolute Gasteiger partial charge is 0.320 e. The van der Waals surface area contributed by atoms with Crippen LogP contribution < -0.4 is 5.32 Å². The van der Waals surface area contributed by atoms with Crippen LogP contribution in [0.25, 0.3) is 0 Å². The van der Waals surface area contributed by atoms with Gasteiger partial charge in [0, 0.05) is 12.6 Å². The molecule has 0 spiro atoms. The van der Waals surface area contributed by atoms with E-state index in [2.05, 4.69) is 12.2 Å². The molecule has 0 saturated carbocycles. The predicted molar refractivity (Wildman–Crippen MR) is 64.4 cm³/mol. The van der Waals surface area contributed by atoms with Crippen LogP contribution in [0.5, 0.6) is 0 Å². The zero-order valence-corrected chi connectivity index (χ0v) is 10.5. The van der Waals surface area contributed by atoms with E-state index in [1.807, 2.05) is 11.9 Å². The van der Waals surface area contributed by atoms with Crippen molar-refractivity contribution in [1.29, 1.82) is 0 Å². The van der Waals surface area contributed by atoms with E-state index in [1.54, 1.807) is 0 Å². The molecule has 0 aromatic carbocycles. The van der Waals surface area contributed by atoms with Crippen LogP contribution >= 0.6 is 0 Å². The molecule has 0 radical (unpaired) electrons. The number of hydrogen-bond donors (Lipinski definition) is 1. The van der Waals surface area contributed by atoms with E-state index < -0.39 is 0 Å². The summed E-state index contributed by atoms with van der Waals surface area (Å²) in [6.07, 6.45) is 4.49. The summed E-state index contributed by atoms with van der Waals surface area (Å²) >= 11 is 0. The van der Waals surface area contributed by atoms with Gasteiger partial charge in [-0.3, -0.25) is 9.69 Å². The molecule has 1 atom stereocenters. The molecule has 16 heavy (non-hydrogen) atoms. The van der Waals surface area contributed by atoms with Crippen molar-refractivity contribution in [1.82, 2.24) is 10.2 Å². The first-order valence-electron chi connectivity index (χ1n) is 6.30. The first-order valence-corrected chi connectivity index (χ1v) is 6.30. The van der Waals surface area contributed by atoms with E-state index in [9.17, 15) is 4.79 Å². The highest BCUT2D eigenvalue weighted by atomic mass is 16.5. The molecule has 1 aliphatic heterocycles. The summed E-state index contributed by atoms with van der Waals surface area (Å²) in [7, 11) is 1.97. The van der Waals surface area contributed by atoms with Gasteiger partial charge in [-0.15, -0.1) is 0 Å². The van der Waals surface area contributed by atoms with Crippen molar-refractivity contribution in [2.45, 2.75) is 38.6 Å². The molecule has 1 rings (SSSR count). The van der Waals surface area contributed by atoms with E-state index in [-0.39, 0.29) is 5.97 Å². The Morgan fingerprint density at radius 2 is 2.38 bits per heavy atom. The number of likely N-dealkylation sites (N-methyl/N-ethyl adjacent to an activating group) is 1. The molecule has 4 heteroatoms. The highest BCUT2D eigenvalue weighted by Crippen LogP contribution is 2.05. The fraction of sp³-hybridized carbons (Fsp3) is 0.917. The van der Waals surface area contributed by atoms with Crippen LogP contribution in [0.2, 0.25) is 0 Å². The molecule has 1 saturated heterocycles. The van der Waals surface area contributed by atoms with Gasteiger partial charge in [0.05, 0.1) is 13.2 Å². The maximum atomic E-state index is 11.4. The zero-order chi connectivity index (χ0) is 11.8. The minimum atomic E-state index is -0.103. The van der Waals surface area contributed by atoms with Crippen molar-refractivity contribution in [3.8, 4) is 0 Å². The summed E-state index contributed by atoms with van der Waals surface area (Å²) in [5.74, 6) is -0.103. The van der Waals surface area contributed by atoms with Crippen molar-refractivity contribution < 1.29 is 9.53 Å². The van der Waals surface area contributed by atoms with Crippen LogP contribution in [0.1, 0.15) is 32.6 Å². The Morgan fingerprint density at radius 1 is 1.56 bits per heavy atom. The van der Waals surface area contributed by atoms with Gasteiger partial charge in [-0.1, -0.05) is 13.3 Å². The molecule has 0 aromatic rings. The zero-order valence-electron chi connectivity index (χ0n) is 10.5. The Morgan fingerprint density at radius 3 is 3.00 bits per heavy atom. The minimum absolute atomic E-state index is 0.103. The number of esters is 1. The van der Waals surface area contributed by atoms with E-state index >= 15 is 0 Å². The van der Waals surface area contributed by atoms with E-state index in [4.69, 9.17) is 4.74 Å². The van der Waals surface area contributed by atoms with E-state index in [0.29, 0.717) is 19.2 Å². The van der Waals surface area contributed by atoms with Gasteiger partial charge in [0.1, 0.15) is 0 Å². The van der Waals surface area contributed by atoms with Crippen LogP contribution in [-0.4, -0.2) is 50.2 Å². The largest absolute Gasteiger partial charge is 0.465 e. The lowest BCUT2D eigenvalue weighted by molar-refractivity contribution is -0.144. The lowest BCUT2D eigenvalue weighted by Gasteiger charge is -2.20. The van der Waals surface area contributed by atoms with Gasteiger partial charge in [0.15, 0.2) is 0 Å². The van der Waals surface area contributed by atoms with Crippen LogP contribution in [0.4, 0.5) is 0 Å². The first-order chi connectivity index (χ1) is 7.72. The van der Waals surface area contributed by atoms with Gasteiger partial charge in [-0.2, -0.15) is 0 Å². The van der Waals surface area contributed by atoms with Crippen molar-refractivity contribution in [3.63, 3.8) is 0 Å². The summed E-state index contributed by atoms with van der Waals surface area (Å²) in [6.45, 7) is 5.10. The van der Waals surface area contributed by atoms with Gasteiger partial charge in [0.2, 0.25) is 0 Å². The number of nitrogens with one attached hydrogen (secondary N) is 1. The molecule has 1 fully saturated rings. The third kappa shape index (κ3) is 5.47. The maximum absolute atomic E-state index is 11.4. The summed E-state index contributed by atoms with van der Waals surface area (Å²) in [5, 5.41) is 3.42. The second kappa shape index (κ2) is 7.63. The van der Waals surface area contributed by atoms with Crippen LogP contribution in [0.15, 0.2) is 0 Å². The first kappa shape index (κ1) is 13.5. The molecule has 0 amide bonds. The monoisotopic (exact) mass is 228 g/mol. The summed E-state index contributed by atoms with van der Waals surface area (Å²) in [4.78, 5) is 13.5. The molecule has 0 bridgehead atoms. The average molecular weight is 228 g/mol. The quantitative estimate of drug-likeness (QED) is 0.522. The lowest BCUT2D eigenvalue weighted by Crippen LogP contribution is -2.38.